The van der Waals surface area contributed by atoms with E-state index in [9.17, 15) is 9.00 Å². The molecule has 1 saturated heterocycles. The van der Waals surface area contributed by atoms with Crippen LogP contribution in [0.25, 0.3) is 11.1 Å². The Morgan fingerprint density at radius 1 is 1.19 bits per heavy atom. The molecule has 8 heteroatoms. The van der Waals surface area contributed by atoms with E-state index < -0.39 is 11.0 Å². The van der Waals surface area contributed by atoms with E-state index in [0.29, 0.717) is 28.7 Å². The van der Waals surface area contributed by atoms with Crippen molar-refractivity contribution in [2.75, 3.05) is 20.1 Å². The molecule has 0 bridgehead atoms. The third kappa shape index (κ3) is 5.44. The maximum Gasteiger partial charge on any atom is 0.198 e. The van der Waals surface area contributed by atoms with Crippen LogP contribution < -0.4 is 5.32 Å². The van der Waals surface area contributed by atoms with Gasteiger partial charge in [0.1, 0.15) is 22.8 Å². The number of hydrogen-bond acceptors (Lipinski definition) is 5. The zero-order valence-electron chi connectivity index (χ0n) is 20.9. The summed E-state index contributed by atoms with van der Waals surface area (Å²) in [6.07, 6.45) is 7.59. The fraction of sp³-hybridized carbons (Fsp3) is 0.500. The Kier molecular flexibility index (Phi) is 7.63. The number of aryl methyl sites for hydroxylation is 1. The average molecular weight is 528 g/mol. The van der Waals surface area contributed by atoms with Gasteiger partial charge in [-0.2, -0.15) is 0 Å². The van der Waals surface area contributed by atoms with E-state index in [1.54, 1.807) is 0 Å². The molecule has 3 aromatic rings. The molecule has 0 radical (unpaired) electrons. The summed E-state index contributed by atoms with van der Waals surface area (Å²) in [7, 11) is 0.980. The van der Waals surface area contributed by atoms with E-state index in [2.05, 4.69) is 17.3 Å². The Hall–Kier alpha value is -2.06. The monoisotopic (exact) mass is 527 g/mol. The third-order valence-corrected chi connectivity index (χ3v) is 9.69. The number of carbonyl (C=O) groups is 1. The molecule has 1 aromatic heterocycles. The highest BCUT2D eigenvalue weighted by molar-refractivity contribution is 7.82. The Morgan fingerprint density at radius 3 is 2.64 bits per heavy atom. The topological polar surface area (TPSA) is 75.4 Å². The van der Waals surface area contributed by atoms with E-state index in [0.717, 1.165) is 53.7 Å². The van der Waals surface area contributed by atoms with E-state index in [-0.39, 0.29) is 0 Å². The number of benzene rings is 2. The van der Waals surface area contributed by atoms with Crippen molar-refractivity contribution in [1.82, 2.24) is 14.6 Å². The van der Waals surface area contributed by atoms with Crippen LogP contribution in [0.15, 0.2) is 51.8 Å². The van der Waals surface area contributed by atoms with Crippen molar-refractivity contribution in [2.24, 2.45) is 11.3 Å². The summed E-state index contributed by atoms with van der Waals surface area (Å²) >= 11 is 5.98. The second-order valence-electron chi connectivity index (χ2n) is 10.7. The molecule has 192 valence electrons. The van der Waals surface area contributed by atoms with Crippen molar-refractivity contribution in [1.29, 1.82) is 0 Å². The molecular weight excluding hydrogens is 494 g/mol. The number of nitrogens with zero attached hydrogens (tertiary/aromatic N) is 2. The largest absolute Gasteiger partial charge is 0.440 e. The molecule has 3 aliphatic rings. The molecule has 6 rings (SSSR count). The number of hydrogen-bond donors (Lipinski definition) is 1. The lowest BCUT2D eigenvalue weighted by atomic mass is 9.50. The predicted molar refractivity (Wildman–Crippen MR) is 143 cm³/mol. The minimum absolute atomic E-state index is 0.377. The number of oxazole rings is 1. The van der Waals surface area contributed by atoms with Gasteiger partial charge in [0.2, 0.25) is 0 Å². The molecule has 6 nitrogen and oxygen atoms in total. The van der Waals surface area contributed by atoms with E-state index in [1.807, 2.05) is 53.7 Å². The molecular formula is C28H34ClN3O3S. The lowest BCUT2D eigenvalue weighted by Crippen LogP contribution is -2.53. The summed E-state index contributed by atoms with van der Waals surface area (Å²) in [5, 5.41) is 4.07. The van der Waals surface area contributed by atoms with Gasteiger partial charge in [0.25, 0.3) is 0 Å². The second kappa shape index (κ2) is 10.7. The minimum Gasteiger partial charge on any atom is -0.440 e. The van der Waals surface area contributed by atoms with Gasteiger partial charge >= 0.3 is 0 Å². The number of rotatable bonds is 6. The summed E-state index contributed by atoms with van der Waals surface area (Å²) in [4.78, 5) is 15.9. The summed E-state index contributed by atoms with van der Waals surface area (Å²) in [5.41, 5.74) is 3.48. The van der Waals surface area contributed by atoms with Crippen LogP contribution in [0.1, 0.15) is 55.9 Å². The Bertz CT molecular complexity index is 1230. The fourth-order valence-electron chi connectivity index (χ4n) is 5.86. The van der Waals surface area contributed by atoms with Gasteiger partial charge in [-0.3, -0.25) is 0 Å². The van der Waals surface area contributed by atoms with Gasteiger partial charge in [-0.15, -0.1) is 0 Å². The first-order valence-corrected chi connectivity index (χ1v) is 14.3. The standard InChI is InChI=1S/C15H17ClN2O.C13H17NO2S/c1-17-11-7-15(8-11)5-9(6-15)14-18-12-4-10(16)2-3-13(12)19-14;1-11-2-4-13(5-3-11)17(16)14-8-6-12(10-14)7-9-15/h2-4,9,11,17H,5-8H2,1H3;2-5,9,12H,6-8,10H2,1H3. The van der Waals surface area contributed by atoms with Gasteiger partial charge in [0.05, 0.1) is 4.90 Å². The molecule has 1 spiro atoms. The molecule has 2 atom stereocenters. The maximum absolute atomic E-state index is 12.3. The van der Waals surface area contributed by atoms with Crippen LogP contribution in [0.3, 0.4) is 0 Å². The Labute approximate surface area is 220 Å². The first kappa shape index (κ1) is 25.6. The molecule has 2 aromatic carbocycles. The van der Waals surface area contributed by atoms with Crippen molar-refractivity contribution in [3.8, 4) is 0 Å². The zero-order valence-corrected chi connectivity index (χ0v) is 22.5. The Balaban J connectivity index is 0.000000149. The Morgan fingerprint density at radius 2 is 1.94 bits per heavy atom. The van der Waals surface area contributed by atoms with Crippen LogP contribution >= 0.6 is 11.6 Å². The average Bonchev–Trinajstić information content (AvgIpc) is 3.45. The lowest BCUT2D eigenvalue weighted by molar-refractivity contribution is -0.108. The molecule has 3 fully saturated rings. The van der Waals surface area contributed by atoms with E-state index in [1.165, 1.54) is 31.2 Å². The number of aldehydes is 1. The number of aromatic nitrogens is 1. The lowest BCUT2D eigenvalue weighted by Gasteiger charge is -2.57. The van der Waals surface area contributed by atoms with Gasteiger partial charge < -0.3 is 14.5 Å². The number of halogens is 1. The van der Waals surface area contributed by atoms with E-state index in [4.69, 9.17) is 16.0 Å². The van der Waals surface area contributed by atoms with Crippen molar-refractivity contribution < 1.29 is 13.4 Å². The molecule has 2 heterocycles. The smallest absolute Gasteiger partial charge is 0.198 e. The highest BCUT2D eigenvalue weighted by atomic mass is 35.5. The SMILES string of the molecule is CNC1CC2(C1)CC(c1nc3cc(Cl)ccc3o1)C2.Cc1ccc(S(=O)N2CCC(CC=O)C2)cc1. The molecule has 2 unspecified atom stereocenters. The van der Waals surface area contributed by atoms with Crippen molar-refractivity contribution in [3.63, 3.8) is 0 Å². The minimum atomic E-state index is -1.07. The van der Waals surface area contributed by atoms with Gasteiger partial charge in [-0.05, 0) is 87.7 Å². The number of nitrogens with one attached hydrogen (secondary N) is 1. The van der Waals surface area contributed by atoms with Crippen LogP contribution in [0.2, 0.25) is 5.02 Å². The van der Waals surface area contributed by atoms with Crippen molar-refractivity contribution in [2.45, 2.75) is 62.3 Å². The van der Waals surface area contributed by atoms with Gasteiger partial charge in [0, 0.05) is 36.5 Å². The van der Waals surface area contributed by atoms with Crippen LogP contribution in [-0.2, 0) is 15.8 Å². The van der Waals surface area contributed by atoms with Crippen LogP contribution in [-0.4, -0.2) is 46.0 Å². The van der Waals surface area contributed by atoms with Gasteiger partial charge in [0.15, 0.2) is 11.5 Å². The van der Waals surface area contributed by atoms with Crippen LogP contribution in [0.5, 0.6) is 0 Å². The summed E-state index contributed by atoms with van der Waals surface area (Å²) < 4.78 is 20.1. The summed E-state index contributed by atoms with van der Waals surface area (Å²) in [6.45, 7) is 3.60. The highest BCUT2D eigenvalue weighted by Gasteiger charge is 2.53. The van der Waals surface area contributed by atoms with Crippen LogP contribution in [0.4, 0.5) is 0 Å². The zero-order chi connectivity index (χ0) is 25.3. The molecule has 2 saturated carbocycles. The quantitative estimate of drug-likeness (QED) is 0.419. The number of carbonyl (C=O) groups excluding carboxylic acids is 1. The molecule has 0 amide bonds. The molecule has 36 heavy (non-hydrogen) atoms. The van der Waals surface area contributed by atoms with Crippen molar-refractivity contribution in [3.05, 3.63) is 58.9 Å². The molecule has 2 aliphatic carbocycles. The predicted octanol–water partition coefficient (Wildman–Crippen LogP) is 5.66. The summed E-state index contributed by atoms with van der Waals surface area (Å²) in [5.74, 6) is 1.78. The molecule has 1 aliphatic heterocycles. The maximum atomic E-state index is 12.3. The van der Waals surface area contributed by atoms with Crippen LogP contribution in [0, 0.1) is 18.3 Å². The third-order valence-electron chi connectivity index (χ3n) is 7.98. The second-order valence-corrected chi connectivity index (χ2v) is 12.6. The normalized spacial score (nSPS) is 28.2. The van der Waals surface area contributed by atoms with Gasteiger partial charge in [-0.25, -0.2) is 13.5 Å². The fourth-order valence-corrected chi connectivity index (χ4v) is 7.31. The molecule has 1 N–H and O–H groups in total. The first-order valence-electron chi connectivity index (χ1n) is 12.8. The van der Waals surface area contributed by atoms with E-state index >= 15 is 0 Å². The highest BCUT2D eigenvalue weighted by Crippen LogP contribution is 2.61. The van der Waals surface area contributed by atoms with Crippen molar-refractivity contribution >= 4 is 40.0 Å². The van der Waals surface area contributed by atoms with Gasteiger partial charge in [-0.1, -0.05) is 29.3 Å². The summed E-state index contributed by atoms with van der Waals surface area (Å²) in [6, 6.07) is 14.1. The first-order chi connectivity index (χ1) is 17.4. The number of fused-ring (bicyclic) bond motifs is 1.